The van der Waals surface area contributed by atoms with Crippen LogP contribution in [-0.2, 0) is 0 Å². The van der Waals surface area contributed by atoms with Crippen molar-refractivity contribution in [1.29, 1.82) is 0 Å². The summed E-state index contributed by atoms with van der Waals surface area (Å²) in [6.07, 6.45) is 0. The van der Waals surface area contributed by atoms with Crippen molar-refractivity contribution in [2.45, 2.75) is 18.7 Å². The number of aromatic amines is 1. The lowest BCUT2D eigenvalue weighted by molar-refractivity contribution is 1.08. The van der Waals surface area contributed by atoms with Crippen molar-refractivity contribution in [3.05, 3.63) is 40.8 Å². The number of thioether (sulfide) groups is 1. The van der Waals surface area contributed by atoms with E-state index in [2.05, 4.69) is 41.2 Å². The van der Waals surface area contributed by atoms with Crippen LogP contribution in [0.15, 0.2) is 35.2 Å². The fraction of sp³-hybridized carbons (Fsp3) is 0.231. The summed E-state index contributed by atoms with van der Waals surface area (Å²) in [7, 11) is 0. The average Bonchev–Trinajstić information content (AvgIpc) is 2.29. The zero-order valence-electron chi connectivity index (χ0n) is 9.86. The molecule has 1 heterocycles. The maximum atomic E-state index is 5.08. The Labute approximate surface area is 111 Å². The van der Waals surface area contributed by atoms with Crippen LogP contribution in [0.25, 0.3) is 11.3 Å². The van der Waals surface area contributed by atoms with Crippen molar-refractivity contribution in [1.82, 2.24) is 9.97 Å². The van der Waals surface area contributed by atoms with Crippen LogP contribution in [0.2, 0.25) is 0 Å². The van der Waals surface area contributed by atoms with Gasteiger partial charge in [0.1, 0.15) is 0 Å². The normalized spacial score (nSPS) is 10.5. The Morgan fingerprint density at radius 1 is 1.29 bits per heavy atom. The number of benzene rings is 1. The molecule has 0 aliphatic carbocycles. The lowest BCUT2D eigenvalue weighted by Crippen LogP contribution is -1.90. The zero-order chi connectivity index (χ0) is 12.3. The largest absolute Gasteiger partial charge is 0.335 e. The van der Waals surface area contributed by atoms with Crippen LogP contribution in [0.3, 0.4) is 0 Å². The van der Waals surface area contributed by atoms with Crippen LogP contribution < -0.4 is 0 Å². The molecule has 2 aromatic rings. The molecule has 0 saturated carbocycles. The predicted octanol–water partition coefficient (Wildman–Crippen LogP) is 4.23. The number of nitrogens with zero attached hydrogens (tertiary/aromatic N) is 1. The quantitative estimate of drug-likeness (QED) is 0.663. The van der Waals surface area contributed by atoms with E-state index in [-0.39, 0.29) is 0 Å². The summed E-state index contributed by atoms with van der Waals surface area (Å²) < 4.78 is 0.534. The maximum Gasteiger partial charge on any atom is 0.197 e. The van der Waals surface area contributed by atoms with Gasteiger partial charge in [-0.2, -0.15) is 0 Å². The van der Waals surface area contributed by atoms with E-state index in [1.165, 1.54) is 4.90 Å². The number of hydrogen-bond acceptors (Lipinski definition) is 3. The Morgan fingerprint density at radius 2 is 2.00 bits per heavy atom. The number of nitrogens with one attached hydrogen (secondary N) is 1. The molecule has 1 aromatic carbocycles. The second-order valence-corrected chi connectivity index (χ2v) is 5.44. The Hall–Kier alpha value is -1.13. The van der Waals surface area contributed by atoms with Crippen LogP contribution >= 0.6 is 24.0 Å². The summed E-state index contributed by atoms with van der Waals surface area (Å²) in [4.78, 5) is 8.63. The molecule has 2 nitrogen and oxygen atoms in total. The molecule has 0 bridgehead atoms. The highest BCUT2D eigenvalue weighted by atomic mass is 32.2. The van der Waals surface area contributed by atoms with Gasteiger partial charge in [0.15, 0.2) is 4.77 Å². The highest BCUT2D eigenvalue weighted by Gasteiger charge is 2.01. The van der Waals surface area contributed by atoms with Crippen LogP contribution in [0.5, 0.6) is 0 Å². The van der Waals surface area contributed by atoms with Gasteiger partial charge in [0.25, 0.3) is 0 Å². The Kier molecular flexibility index (Phi) is 3.97. The minimum absolute atomic E-state index is 0.534. The molecule has 0 unspecified atom stereocenters. The topological polar surface area (TPSA) is 28.7 Å². The lowest BCUT2D eigenvalue weighted by atomic mass is 10.1. The van der Waals surface area contributed by atoms with Crippen LogP contribution in [0, 0.1) is 11.7 Å². The van der Waals surface area contributed by atoms with Crippen molar-refractivity contribution < 1.29 is 0 Å². The maximum absolute atomic E-state index is 5.08. The first kappa shape index (κ1) is 12.3. The lowest BCUT2D eigenvalue weighted by Gasteiger charge is -2.04. The average molecular weight is 262 g/mol. The number of aromatic nitrogens is 2. The first-order valence-electron chi connectivity index (χ1n) is 5.50. The first-order chi connectivity index (χ1) is 8.19. The second kappa shape index (κ2) is 5.47. The van der Waals surface area contributed by atoms with Gasteiger partial charge in [-0.25, -0.2) is 4.98 Å². The van der Waals surface area contributed by atoms with Gasteiger partial charge < -0.3 is 4.98 Å². The standard InChI is InChI=1S/C13H14N2S2/c1-3-17-11-6-4-10(5-7-11)12-8-9(2)14-13(16)15-12/h4-8H,3H2,1-2H3,(H,14,15,16). The molecule has 4 heteroatoms. The summed E-state index contributed by atoms with van der Waals surface area (Å²) >= 11 is 6.92. The van der Waals surface area contributed by atoms with Gasteiger partial charge >= 0.3 is 0 Å². The molecule has 1 N–H and O–H groups in total. The molecule has 0 fully saturated rings. The van der Waals surface area contributed by atoms with Gasteiger partial charge in [-0.05, 0) is 43.1 Å². The molecule has 0 radical (unpaired) electrons. The number of rotatable bonds is 3. The van der Waals surface area contributed by atoms with E-state index in [4.69, 9.17) is 12.2 Å². The van der Waals surface area contributed by atoms with Gasteiger partial charge in [-0.3, -0.25) is 0 Å². The molecule has 0 spiro atoms. The highest BCUT2D eigenvalue weighted by Crippen LogP contribution is 2.22. The Bertz CT molecular complexity index is 558. The van der Waals surface area contributed by atoms with Gasteiger partial charge in [-0.1, -0.05) is 19.1 Å². The number of H-pyrrole nitrogens is 1. The van der Waals surface area contributed by atoms with Gasteiger partial charge in [0, 0.05) is 16.2 Å². The molecule has 0 aliphatic heterocycles. The summed E-state index contributed by atoms with van der Waals surface area (Å²) in [6.45, 7) is 4.14. The predicted molar refractivity (Wildman–Crippen MR) is 76.0 cm³/mol. The molecule has 0 amide bonds. The van der Waals surface area contributed by atoms with E-state index in [0.717, 1.165) is 22.7 Å². The molecular formula is C13H14N2S2. The van der Waals surface area contributed by atoms with Crippen molar-refractivity contribution in [3.63, 3.8) is 0 Å². The van der Waals surface area contributed by atoms with E-state index in [1.54, 1.807) is 0 Å². The second-order valence-electron chi connectivity index (χ2n) is 3.71. The van der Waals surface area contributed by atoms with E-state index < -0.39 is 0 Å². The summed E-state index contributed by atoms with van der Waals surface area (Å²) in [5.41, 5.74) is 3.07. The van der Waals surface area contributed by atoms with E-state index in [1.807, 2.05) is 24.8 Å². The third kappa shape index (κ3) is 3.17. The van der Waals surface area contributed by atoms with Crippen LogP contribution in [0.4, 0.5) is 0 Å². The minimum Gasteiger partial charge on any atom is -0.335 e. The summed E-state index contributed by atoms with van der Waals surface area (Å²) in [5.74, 6) is 1.09. The van der Waals surface area contributed by atoms with E-state index in [9.17, 15) is 0 Å². The molecule has 17 heavy (non-hydrogen) atoms. The van der Waals surface area contributed by atoms with Gasteiger partial charge in [0.05, 0.1) is 5.69 Å². The molecular weight excluding hydrogens is 248 g/mol. The highest BCUT2D eigenvalue weighted by molar-refractivity contribution is 7.99. The van der Waals surface area contributed by atoms with Gasteiger partial charge in [-0.15, -0.1) is 11.8 Å². The minimum atomic E-state index is 0.534. The Morgan fingerprint density at radius 3 is 2.59 bits per heavy atom. The van der Waals surface area contributed by atoms with Crippen molar-refractivity contribution >= 4 is 24.0 Å². The molecule has 88 valence electrons. The summed E-state index contributed by atoms with van der Waals surface area (Å²) in [6, 6.07) is 10.4. The molecule has 2 rings (SSSR count). The molecule has 0 atom stereocenters. The molecule has 0 aliphatic rings. The van der Waals surface area contributed by atoms with Crippen molar-refractivity contribution in [2.24, 2.45) is 0 Å². The Balaban J connectivity index is 2.36. The van der Waals surface area contributed by atoms with Crippen LogP contribution in [-0.4, -0.2) is 15.7 Å². The monoisotopic (exact) mass is 262 g/mol. The third-order valence-electron chi connectivity index (χ3n) is 2.34. The SMILES string of the molecule is CCSc1ccc(-c2cc(C)[nH]c(=S)n2)cc1. The van der Waals surface area contributed by atoms with Gasteiger partial charge in [0.2, 0.25) is 0 Å². The van der Waals surface area contributed by atoms with Crippen molar-refractivity contribution in [2.75, 3.05) is 5.75 Å². The smallest absolute Gasteiger partial charge is 0.197 e. The van der Waals surface area contributed by atoms with Crippen LogP contribution in [0.1, 0.15) is 12.6 Å². The van der Waals surface area contributed by atoms with E-state index >= 15 is 0 Å². The molecule has 1 aromatic heterocycles. The van der Waals surface area contributed by atoms with E-state index in [0.29, 0.717) is 4.77 Å². The third-order valence-corrected chi connectivity index (χ3v) is 3.43. The fourth-order valence-corrected chi connectivity index (χ4v) is 2.54. The zero-order valence-corrected chi connectivity index (χ0v) is 11.5. The number of aryl methyl sites for hydroxylation is 1. The van der Waals surface area contributed by atoms with Crippen molar-refractivity contribution in [3.8, 4) is 11.3 Å². The summed E-state index contributed by atoms with van der Waals surface area (Å²) in [5, 5.41) is 0. The fourth-order valence-electron chi connectivity index (χ4n) is 1.62. The molecule has 0 saturated heterocycles. The number of hydrogen-bond donors (Lipinski definition) is 1. The first-order valence-corrected chi connectivity index (χ1v) is 6.89.